The van der Waals surface area contributed by atoms with Crippen molar-refractivity contribution >= 4 is 23.9 Å². The van der Waals surface area contributed by atoms with Gasteiger partial charge >= 0.3 is 12.1 Å². The minimum absolute atomic E-state index is 0.104. The second-order valence-corrected chi connectivity index (χ2v) is 9.02. The molecule has 36 heavy (non-hydrogen) atoms. The van der Waals surface area contributed by atoms with Crippen LogP contribution in [0, 0.1) is 0 Å². The van der Waals surface area contributed by atoms with Gasteiger partial charge in [-0.2, -0.15) is 0 Å². The maximum absolute atomic E-state index is 13.0. The predicted octanol–water partition coefficient (Wildman–Crippen LogP) is 4.15. The number of hydrogen-bond acceptors (Lipinski definition) is 6. The first kappa shape index (κ1) is 22.0. The number of ether oxygens (including phenoxy) is 1. The molecule has 3 aliphatic rings. The molecule has 0 saturated carbocycles. The number of hydrogen-bond donors (Lipinski definition) is 0. The molecule has 1 fully saturated rings. The topological polar surface area (TPSA) is 93.2 Å². The highest BCUT2D eigenvalue weighted by Crippen LogP contribution is 2.44. The highest BCUT2D eigenvalue weighted by Gasteiger charge is 2.43. The number of rotatable bonds is 4. The minimum atomic E-state index is -0.940. The van der Waals surface area contributed by atoms with Crippen LogP contribution in [-0.2, 0) is 14.4 Å². The molecule has 2 heterocycles. The third-order valence-corrected chi connectivity index (χ3v) is 7.03. The molecule has 1 atom stereocenters. The first-order valence-electron chi connectivity index (χ1n) is 11.9. The summed E-state index contributed by atoms with van der Waals surface area (Å²) in [6, 6.07) is 21.4. The Morgan fingerprint density at radius 2 is 1.31 bits per heavy atom. The second kappa shape index (κ2) is 8.64. The number of carbonyl (C=O) groups is 4. The molecule has 3 aromatic rings. The molecule has 1 saturated heterocycles. The molecule has 3 aromatic carbocycles. The first-order chi connectivity index (χ1) is 17.5. The van der Waals surface area contributed by atoms with Crippen molar-refractivity contribution in [1.82, 2.24) is 9.96 Å². The summed E-state index contributed by atoms with van der Waals surface area (Å²) < 4.78 is 5.70. The van der Waals surface area contributed by atoms with Gasteiger partial charge in [0.1, 0.15) is 12.6 Å². The smallest absolute Gasteiger partial charge is 0.410 e. The molecule has 6 rings (SSSR count). The lowest BCUT2D eigenvalue weighted by Crippen LogP contribution is -2.45. The fourth-order valence-corrected chi connectivity index (χ4v) is 5.31. The molecule has 3 amide bonds. The van der Waals surface area contributed by atoms with Crippen molar-refractivity contribution in [2.24, 2.45) is 0 Å². The van der Waals surface area contributed by atoms with Crippen LogP contribution in [0.1, 0.15) is 50.6 Å². The van der Waals surface area contributed by atoms with Crippen LogP contribution in [0.2, 0.25) is 0 Å². The van der Waals surface area contributed by atoms with E-state index in [1.54, 1.807) is 12.1 Å². The van der Waals surface area contributed by atoms with E-state index in [4.69, 9.17) is 9.57 Å². The number of carbonyl (C=O) groups excluding carboxylic acids is 4. The molecular formula is C28H22N2O6. The monoisotopic (exact) mass is 482 g/mol. The van der Waals surface area contributed by atoms with Crippen LogP contribution < -0.4 is 0 Å². The van der Waals surface area contributed by atoms with E-state index in [-0.39, 0.29) is 23.7 Å². The summed E-state index contributed by atoms with van der Waals surface area (Å²) in [5.41, 5.74) is 4.78. The number of likely N-dealkylation sites (tertiary alicyclic amines) is 1. The number of nitrogens with zero attached hydrogens (tertiary/aromatic N) is 2. The highest BCUT2D eigenvalue weighted by molar-refractivity contribution is 6.21. The molecule has 8 heteroatoms. The number of fused-ring (bicyclic) bond motifs is 4. The Hall–Kier alpha value is -4.46. The largest absolute Gasteiger partial charge is 0.448 e. The number of imide groups is 1. The van der Waals surface area contributed by atoms with E-state index >= 15 is 0 Å². The van der Waals surface area contributed by atoms with Gasteiger partial charge in [0, 0.05) is 12.5 Å². The van der Waals surface area contributed by atoms with E-state index < -0.39 is 29.9 Å². The lowest BCUT2D eigenvalue weighted by molar-refractivity contribution is -0.173. The Morgan fingerprint density at radius 3 is 1.89 bits per heavy atom. The molecule has 8 nitrogen and oxygen atoms in total. The molecule has 0 aromatic heterocycles. The van der Waals surface area contributed by atoms with E-state index in [2.05, 4.69) is 12.1 Å². The molecule has 180 valence electrons. The standard InChI is InChI=1S/C28H22N2O6/c31-25-21-12-5-6-13-22(21)26(32)30(25)36-27(33)24-14-7-15-29(24)28(34)35-16-23-19-10-3-1-8-17(19)18-9-2-4-11-20(18)23/h1-6,8-13,23-24H,7,14-16H2/t24-/m0/s1. The zero-order valence-electron chi connectivity index (χ0n) is 19.3. The van der Waals surface area contributed by atoms with Crippen LogP contribution in [-0.4, -0.2) is 53.0 Å². The van der Waals surface area contributed by atoms with Crippen molar-refractivity contribution < 1.29 is 28.8 Å². The maximum Gasteiger partial charge on any atom is 0.410 e. The van der Waals surface area contributed by atoms with Crippen molar-refractivity contribution in [1.29, 1.82) is 0 Å². The van der Waals surface area contributed by atoms with Crippen LogP contribution in [0.4, 0.5) is 4.79 Å². The van der Waals surface area contributed by atoms with Crippen molar-refractivity contribution in [3.63, 3.8) is 0 Å². The summed E-state index contributed by atoms with van der Waals surface area (Å²) in [4.78, 5) is 57.6. The van der Waals surface area contributed by atoms with Crippen LogP contribution >= 0.6 is 0 Å². The summed E-state index contributed by atoms with van der Waals surface area (Å²) in [5.74, 6) is -2.34. The SMILES string of the molecule is O=C(ON1C(=O)c2ccccc2C1=O)[C@@H]1CCCN1C(=O)OCC1c2ccccc2-c2ccccc21. The van der Waals surface area contributed by atoms with Gasteiger partial charge < -0.3 is 9.57 Å². The second-order valence-electron chi connectivity index (χ2n) is 9.02. The van der Waals surface area contributed by atoms with E-state index in [1.165, 1.54) is 17.0 Å². The van der Waals surface area contributed by atoms with E-state index in [0.29, 0.717) is 24.4 Å². The molecule has 1 aliphatic carbocycles. The van der Waals surface area contributed by atoms with Gasteiger partial charge in [-0.15, -0.1) is 0 Å². The third-order valence-electron chi connectivity index (χ3n) is 7.03. The molecular weight excluding hydrogens is 460 g/mol. The fourth-order valence-electron chi connectivity index (χ4n) is 5.31. The van der Waals surface area contributed by atoms with Gasteiger partial charge in [0.15, 0.2) is 0 Å². The highest BCUT2D eigenvalue weighted by atomic mass is 16.7. The summed E-state index contributed by atoms with van der Waals surface area (Å²) >= 11 is 0. The Bertz CT molecular complexity index is 1340. The molecule has 0 bridgehead atoms. The maximum atomic E-state index is 13.0. The van der Waals surface area contributed by atoms with Gasteiger partial charge in [0.25, 0.3) is 11.8 Å². The van der Waals surface area contributed by atoms with Crippen LogP contribution in [0.25, 0.3) is 11.1 Å². The van der Waals surface area contributed by atoms with E-state index in [9.17, 15) is 19.2 Å². The first-order valence-corrected chi connectivity index (χ1v) is 11.9. The molecule has 0 spiro atoms. The third kappa shape index (κ3) is 3.45. The van der Waals surface area contributed by atoms with Gasteiger partial charge in [0.2, 0.25) is 0 Å². The van der Waals surface area contributed by atoms with Crippen molar-refractivity contribution in [2.45, 2.75) is 24.8 Å². The Kier molecular flexibility index (Phi) is 5.29. The Morgan fingerprint density at radius 1 is 0.778 bits per heavy atom. The average Bonchev–Trinajstić information content (AvgIpc) is 3.59. The van der Waals surface area contributed by atoms with Crippen molar-refractivity contribution in [3.8, 4) is 11.1 Å². The van der Waals surface area contributed by atoms with Gasteiger partial charge in [-0.1, -0.05) is 65.7 Å². The average molecular weight is 482 g/mol. The summed E-state index contributed by atoms with van der Waals surface area (Å²) in [6.07, 6.45) is 0.303. The molecule has 0 unspecified atom stereocenters. The predicted molar refractivity (Wildman–Crippen MR) is 128 cm³/mol. The number of hydroxylamine groups is 2. The van der Waals surface area contributed by atoms with Crippen LogP contribution in [0.3, 0.4) is 0 Å². The zero-order chi connectivity index (χ0) is 24.8. The van der Waals surface area contributed by atoms with Crippen LogP contribution in [0.5, 0.6) is 0 Å². The van der Waals surface area contributed by atoms with Gasteiger partial charge in [-0.3, -0.25) is 14.5 Å². The van der Waals surface area contributed by atoms with E-state index in [1.807, 2.05) is 36.4 Å². The van der Waals surface area contributed by atoms with Gasteiger partial charge in [-0.25, -0.2) is 9.59 Å². The van der Waals surface area contributed by atoms with Gasteiger partial charge in [0.05, 0.1) is 11.1 Å². The van der Waals surface area contributed by atoms with E-state index in [0.717, 1.165) is 22.3 Å². The number of amides is 3. The van der Waals surface area contributed by atoms with Crippen LogP contribution in [0.15, 0.2) is 72.8 Å². The summed E-state index contributed by atoms with van der Waals surface area (Å²) in [7, 11) is 0. The molecule has 0 N–H and O–H groups in total. The summed E-state index contributed by atoms with van der Waals surface area (Å²) in [5, 5.41) is 0.473. The zero-order valence-corrected chi connectivity index (χ0v) is 19.3. The Balaban J connectivity index is 1.14. The lowest BCUT2D eigenvalue weighted by atomic mass is 9.98. The summed E-state index contributed by atoms with van der Waals surface area (Å²) in [6.45, 7) is 0.447. The minimum Gasteiger partial charge on any atom is -0.448 e. The lowest BCUT2D eigenvalue weighted by Gasteiger charge is -2.24. The van der Waals surface area contributed by atoms with Crippen molar-refractivity contribution in [2.75, 3.05) is 13.2 Å². The Labute approximate surface area is 207 Å². The fraction of sp³-hybridized carbons (Fsp3) is 0.214. The molecule has 0 radical (unpaired) electrons. The molecule has 2 aliphatic heterocycles. The normalized spacial score (nSPS) is 18.2. The number of benzene rings is 3. The quantitative estimate of drug-likeness (QED) is 0.519. The van der Waals surface area contributed by atoms with Crippen molar-refractivity contribution in [3.05, 3.63) is 95.1 Å². The van der Waals surface area contributed by atoms with Gasteiger partial charge in [-0.05, 0) is 47.2 Å².